The van der Waals surface area contributed by atoms with E-state index in [1.165, 1.54) is 17.0 Å². The lowest BCUT2D eigenvalue weighted by molar-refractivity contribution is -0.0444. The van der Waals surface area contributed by atoms with Gasteiger partial charge < -0.3 is 28.6 Å². The summed E-state index contributed by atoms with van der Waals surface area (Å²) < 4.78 is 48.8. The average molecular weight is 459 g/mol. The zero-order valence-electron chi connectivity index (χ0n) is 18.0. The van der Waals surface area contributed by atoms with E-state index in [-0.39, 0.29) is 42.9 Å². The number of morpholine rings is 1. The van der Waals surface area contributed by atoms with Gasteiger partial charge >= 0.3 is 6.09 Å². The first-order chi connectivity index (χ1) is 15.9. The largest absolute Gasteiger partial charge is 0.465 e. The van der Waals surface area contributed by atoms with Crippen molar-refractivity contribution in [2.75, 3.05) is 32.9 Å². The van der Waals surface area contributed by atoms with Crippen LogP contribution in [0.15, 0.2) is 30.5 Å². The Morgan fingerprint density at radius 2 is 1.88 bits per heavy atom. The maximum atomic E-state index is 15.3. The number of imidazole rings is 1. The van der Waals surface area contributed by atoms with Crippen molar-refractivity contribution in [2.24, 2.45) is 0 Å². The molecule has 1 N–H and O–H groups in total. The molecule has 1 atom stereocenters. The number of rotatable bonds is 4. The molecule has 33 heavy (non-hydrogen) atoms. The van der Waals surface area contributed by atoms with Gasteiger partial charge in [0.1, 0.15) is 17.3 Å². The summed E-state index contributed by atoms with van der Waals surface area (Å²) in [6, 6.07) is 6.11. The van der Waals surface area contributed by atoms with Crippen LogP contribution in [-0.4, -0.2) is 64.5 Å². The van der Waals surface area contributed by atoms with Gasteiger partial charge in [0, 0.05) is 24.7 Å². The van der Waals surface area contributed by atoms with E-state index in [9.17, 15) is 9.90 Å². The molecule has 174 valence electrons. The van der Waals surface area contributed by atoms with Gasteiger partial charge in [0.25, 0.3) is 0 Å². The van der Waals surface area contributed by atoms with Crippen molar-refractivity contribution in [1.82, 2.24) is 14.3 Å². The van der Waals surface area contributed by atoms with E-state index in [2.05, 4.69) is 4.98 Å². The molecular formula is C23H23F2N3O5. The third-order valence-corrected chi connectivity index (χ3v) is 5.91. The normalized spacial score (nSPS) is 19.5. The summed E-state index contributed by atoms with van der Waals surface area (Å²) in [5, 5.41) is 9.34. The molecule has 8 nitrogen and oxygen atoms in total. The standard InChI is InChI=1S/C23H23F2N3O5/c1-13-2-3-28-18(11-15-12-27(23(29)30)4-5-31-15)21(26-19(28)8-13)20-16(24)9-14(10-17(20)25)22-32-6-7-33-22/h2-3,8-10,15,22H,4-7,11-12H2,1H3,(H,29,30)/t15-/m0/s1. The lowest BCUT2D eigenvalue weighted by Gasteiger charge is -2.31. The zero-order valence-corrected chi connectivity index (χ0v) is 18.0. The maximum absolute atomic E-state index is 15.3. The van der Waals surface area contributed by atoms with E-state index in [1.807, 2.05) is 19.1 Å². The SMILES string of the molecule is Cc1ccn2c(C[C@H]3CN(C(=O)O)CCO3)c(-c3c(F)cc(C4OCCO4)cc3F)nc2c1. The van der Waals surface area contributed by atoms with Crippen LogP contribution in [0.2, 0.25) is 0 Å². The Bertz CT molecular complexity index is 1190. The predicted molar refractivity (Wildman–Crippen MR) is 113 cm³/mol. The molecule has 1 aromatic carbocycles. The summed E-state index contributed by atoms with van der Waals surface area (Å²) in [6.45, 7) is 3.32. The number of halogens is 2. The van der Waals surface area contributed by atoms with Gasteiger partial charge in [-0.3, -0.25) is 0 Å². The van der Waals surface area contributed by atoms with Gasteiger partial charge in [0.2, 0.25) is 0 Å². The van der Waals surface area contributed by atoms with Gasteiger partial charge in [-0.25, -0.2) is 18.6 Å². The molecule has 2 saturated heterocycles. The van der Waals surface area contributed by atoms with Crippen LogP contribution in [0.25, 0.3) is 16.9 Å². The van der Waals surface area contributed by atoms with Gasteiger partial charge in [-0.2, -0.15) is 0 Å². The van der Waals surface area contributed by atoms with Crippen molar-refractivity contribution >= 4 is 11.7 Å². The van der Waals surface area contributed by atoms with Gasteiger partial charge in [0.15, 0.2) is 6.29 Å². The highest BCUT2D eigenvalue weighted by molar-refractivity contribution is 5.69. The first kappa shape index (κ1) is 21.7. The van der Waals surface area contributed by atoms with E-state index < -0.39 is 30.1 Å². The Morgan fingerprint density at radius 1 is 1.15 bits per heavy atom. The highest BCUT2D eigenvalue weighted by Gasteiger charge is 2.29. The molecule has 1 amide bonds. The minimum absolute atomic E-state index is 0.159. The second-order valence-electron chi connectivity index (χ2n) is 8.20. The molecule has 10 heteroatoms. The van der Waals surface area contributed by atoms with E-state index in [4.69, 9.17) is 14.2 Å². The van der Waals surface area contributed by atoms with Gasteiger partial charge in [-0.15, -0.1) is 0 Å². The van der Waals surface area contributed by atoms with Crippen LogP contribution >= 0.6 is 0 Å². The monoisotopic (exact) mass is 459 g/mol. The number of benzene rings is 1. The third kappa shape index (κ3) is 4.17. The molecule has 2 aliphatic rings. The van der Waals surface area contributed by atoms with Gasteiger partial charge in [-0.05, 0) is 36.8 Å². The summed E-state index contributed by atoms with van der Waals surface area (Å²) in [6.07, 6.45) is -0.275. The number of amides is 1. The van der Waals surface area contributed by atoms with E-state index in [0.717, 1.165) is 5.56 Å². The Balaban J connectivity index is 1.57. The van der Waals surface area contributed by atoms with Crippen LogP contribution in [0.3, 0.4) is 0 Å². The number of pyridine rings is 1. The minimum Gasteiger partial charge on any atom is -0.465 e. The second kappa shape index (κ2) is 8.69. The second-order valence-corrected chi connectivity index (χ2v) is 8.20. The number of aromatic nitrogens is 2. The fourth-order valence-corrected chi connectivity index (χ4v) is 4.33. The summed E-state index contributed by atoms with van der Waals surface area (Å²) in [5.74, 6) is -1.55. The smallest absolute Gasteiger partial charge is 0.407 e. The number of hydrogen-bond acceptors (Lipinski definition) is 5. The van der Waals surface area contributed by atoms with E-state index >= 15 is 8.78 Å². The highest BCUT2D eigenvalue weighted by atomic mass is 19.1. The molecule has 0 bridgehead atoms. The molecule has 0 radical (unpaired) electrons. The molecule has 3 aromatic rings. The van der Waals surface area contributed by atoms with Crippen molar-refractivity contribution in [3.63, 3.8) is 0 Å². The average Bonchev–Trinajstić information content (AvgIpc) is 3.42. The predicted octanol–water partition coefficient (Wildman–Crippen LogP) is 3.55. The van der Waals surface area contributed by atoms with Crippen LogP contribution < -0.4 is 0 Å². The Kier molecular flexibility index (Phi) is 5.73. The van der Waals surface area contributed by atoms with Crippen LogP contribution in [0.1, 0.15) is 23.1 Å². The molecule has 2 aromatic heterocycles. The topological polar surface area (TPSA) is 85.5 Å². The van der Waals surface area contributed by atoms with Gasteiger partial charge in [0.05, 0.1) is 49.4 Å². The molecule has 4 heterocycles. The number of aryl methyl sites for hydroxylation is 1. The summed E-state index contributed by atoms with van der Waals surface area (Å²) in [5.41, 5.74) is 2.20. The van der Waals surface area contributed by atoms with Crippen molar-refractivity contribution in [1.29, 1.82) is 0 Å². The molecule has 0 aliphatic carbocycles. The number of carboxylic acid groups (broad SMARTS) is 1. The first-order valence-corrected chi connectivity index (χ1v) is 10.7. The fraction of sp³-hybridized carbons (Fsp3) is 0.391. The Morgan fingerprint density at radius 3 is 2.58 bits per heavy atom. The zero-order chi connectivity index (χ0) is 23.1. The number of fused-ring (bicyclic) bond motifs is 1. The molecule has 5 rings (SSSR count). The number of hydrogen-bond donors (Lipinski definition) is 1. The highest BCUT2D eigenvalue weighted by Crippen LogP contribution is 2.34. The number of carbonyl (C=O) groups is 1. The fourth-order valence-electron chi connectivity index (χ4n) is 4.33. The lowest BCUT2D eigenvalue weighted by Crippen LogP contribution is -2.45. The summed E-state index contributed by atoms with van der Waals surface area (Å²) >= 11 is 0. The summed E-state index contributed by atoms with van der Waals surface area (Å²) in [7, 11) is 0. The van der Waals surface area contributed by atoms with Gasteiger partial charge in [-0.1, -0.05) is 0 Å². The molecular weight excluding hydrogens is 436 g/mol. The lowest BCUT2D eigenvalue weighted by atomic mass is 10.0. The molecule has 0 spiro atoms. The maximum Gasteiger partial charge on any atom is 0.407 e. The third-order valence-electron chi connectivity index (χ3n) is 5.91. The van der Waals surface area contributed by atoms with Crippen molar-refractivity contribution in [3.8, 4) is 11.3 Å². The molecule has 2 aliphatic heterocycles. The quantitative estimate of drug-likeness (QED) is 0.642. The van der Waals surface area contributed by atoms with Crippen LogP contribution in [-0.2, 0) is 20.6 Å². The molecule has 0 unspecified atom stereocenters. The molecule has 2 fully saturated rings. The van der Waals surface area contributed by atoms with Crippen LogP contribution in [0, 0.1) is 18.6 Å². The first-order valence-electron chi connectivity index (χ1n) is 10.7. The summed E-state index contributed by atoms with van der Waals surface area (Å²) in [4.78, 5) is 17.2. The minimum atomic E-state index is -1.03. The Labute approximate surface area is 188 Å². The van der Waals surface area contributed by atoms with E-state index in [1.54, 1.807) is 10.6 Å². The number of nitrogens with zero attached hydrogens (tertiary/aromatic N) is 3. The molecule has 0 saturated carbocycles. The number of ether oxygens (including phenoxy) is 3. The van der Waals surface area contributed by atoms with Crippen LogP contribution in [0.4, 0.5) is 13.6 Å². The Hall–Kier alpha value is -3.08. The van der Waals surface area contributed by atoms with Crippen molar-refractivity contribution in [2.45, 2.75) is 25.7 Å². The van der Waals surface area contributed by atoms with E-state index in [0.29, 0.717) is 24.6 Å². The van der Waals surface area contributed by atoms with Crippen LogP contribution in [0.5, 0.6) is 0 Å². The van der Waals surface area contributed by atoms with Crippen molar-refractivity contribution in [3.05, 3.63) is 58.9 Å². The van der Waals surface area contributed by atoms with Crippen molar-refractivity contribution < 1.29 is 32.9 Å².